The lowest BCUT2D eigenvalue weighted by molar-refractivity contribution is -0.114. The number of nitrogens with zero attached hydrogens (tertiary/aromatic N) is 4. The number of rotatable bonds is 7. The van der Waals surface area contributed by atoms with Crippen LogP contribution in [0.15, 0.2) is 73.2 Å². The predicted octanol–water partition coefficient (Wildman–Crippen LogP) is 4.37. The zero-order chi connectivity index (χ0) is 25.8. The number of hydrogen-bond acceptors (Lipinski definition) is 5. The van der Waals surface area contributed by atoms with E-state index in [0.717, 1.165) is 24.1 Å². The van der Waals surface area contributed by atoms with Crippen LogP contribution in [-0.4, -0.2) is 50.1 Å². The first-order valence-electron chi connectivity index (χ1n) is 12.5. The molecule has 0 saturated carbocycles. The van der Waals surface area contributed by atoms with E-state index in [0.29, 0.717) is 48.4 Å². The fraction of sp³-hybridized carbons (Fsp3) is 0.276. The van der Waals surface area contributed by atoms with Crippen LogP contribution in [0.5, 0.6) is 0 Å². The number of aromatic nitrogens is 3. The minimum absolute atomic E-state index is 0.0686. The Morgan fingerprint density at radius 1 is 1.00 bits per heavy atom. The summed E-state index contributed by atoms with van der Waals surface area (Å²) in [4.78, 5) is 49.3. The Bertz CT molecular complexity index is 1430. The second-order valence-corrected chi connectivity index (χ2v) is 9.40. The van der Waals surface area contributed by atoms with Gasteiger partial charge in [0.15, 0.2) is 5.78 Å². The normalized spacial score (nSPS) is 15.5. The summed E-state index contributed by atoms with van der Waals surface area (Å²) in [6.45, 7) is 3.03. The number of imidazole rings is 1. The van der Waals surface area contributed by atoms with E-state index in [4.69, 9.17) is 0 Å². The molecule has 8 nitrogen and oxygen atoms in total. The van der Waals surface area contributed by atoms with Crippen molar-refractivity contribution in [3.8, 4) is 0 Å². The van der Waals surface area contributed by atoms with Crippen LogP contribution in [-0.2, 0) is 17.8 Å². The molecular formula is C29H29N5O3. The molecule has 1 aliphatic rings. The predicted molar refractivity (Wildman–Crippen MR) is 141 cm³/mol. The lowest BCUT2D eigenvalue weighted by atomic mass is 9.89. The van der Waals surface area contributed by atoms with Gasteiger partial charge in [-0.1, -0.05) is 36.4 Å². The summed E-state index contributed by atoms with van der Waals surface area (Å²) in [7, 11) is 0. The van der Waals surface area contributed by atoms with Crippen LogP contribution in [0.2, 0.25) is 0 Å². The SMILES string of the molecule is CC(=O)Nc1cc(C(=O)N2CCC[C@@H](C(=O)c3ccccc3)C2)cc2ncn(CCc3ccccn3)c12. The number of Topliss-reactive ketones (excluding diaryl/α,β-unsaturated/α-hetero) is 1. The van der Waals surface area contributed by atoms with Gasteiger partial charge in [0.05, 0.1) is 23.0 Å². The molecule has 188 valence electrons. The van der Waals surface area contributed by atoms with Gasteiger partial charge in [-0.05, 0) is 37.1 Å². The van der Waals surface area contributed by atoms with E-state index in [9.17, 15) is 14.4 Å². The first-order chi connectivity index (χ1) is 18.0. The molecule has 0 bridgehead atoms. The fourth-order valence-electron chi connectivity index (χ4n) is 4.96. The van der Waals surface area contributed by atoms with Crippen molar-refractivity contribution in [2.24, 2.45) is 5.92 Å². The molecule has 0 spiro atoms. The molecule has 37 heavy (non-hydrogen) atoms. The number of ketones is 1. The summed E-state index contributed by atoms with van der Waals surface area (Å²) < 4.78 is 1.97. The van der Waals surface area contributed by atoms with Crippen molar-refractivity contribution in [1.29, 1.82) is 0 Å². The van der Waals surface area contributed by atoms with Crippen molar-refractivity contribution < 1.29 is 14.4 Å². The van der Waals surface area contributed by atoms with E-state index in [2.05, 4.69) is 15.3 Å². The fourth-order valence-corrected chi connectivity index (χ4v) is 4.96. The van der Waals surface area contributed by atoms with Crippen LogP contribution >= 0.6 is 0 Å². The number of pyridine rings is 1. The molecule has 2 amide bonds. The smallest absolute Gasteiger partial charge is 0.254 e. The Kier molecular flexibility index (Phi) is 7.07. The van der Waals surface area contributed by atoms with Gasteiger partial charge in [0.25, 0.3) is 5.91 Å². The standard InChI is InChI=1S/C29H29N5O3/c1-20(35)32-26-17-23(16-25-27(26)34(19-31-25)15-12-24-11-5-6-13-30-24)29(37)33-14-7-10-22(18-33)28(36)21-8-3-2-4-9-21/h2-6,8-9,11,13,16-17,19,22H,7,10,12,14-15,18H2,1H3,(H,32,35)/t22-/m1/s1. The van der Waals surface area contributed by atoms with E-state index in [1.165, 1.54) is 6.92 Å². The van der Waals surface area contributed by atoms with Crippen molar-refractivity contribution in [3.63, 3.8) is 0 Å². The first-order valence-corrected chi connectivity index (χ1v) is 12.5. The second kappa shape index (κ2) is 10.7. The lowest BCUT2D eigenvalue weighted by Gasteiger charge is -2.32. The van der Waals surface area contributed by atoms with Crippen LogP contribution < -0.4 is 5.32 Å². The molecular weight excluding hydrogens is 466 g/mol. The van der Waals surface area contributed by atoms with E-state index in [1.807, 2.05) is 53.1 Å². The molecule has 3 heterocycles. The Hall–Kier alpha value is -4.33. The largest absolute Gasteiger partial charge is 0.338 e. The maximum Gasteiger partial charge on any atom is 0.254 e. The summed E-state index contributed by atoms with van der Waals surface area (Å²) >= 11 is 0. The van der Waals surface area contributed by atoms with Gasteiger partial charge in [0, 0.05) is 61.9 Å². The number of amides is 2. The van der Waals surface area contributed by atoms with Crippen LogP contribution in [0, 0.1) is 5.92 Å². The van der Waals surface area contributed by atoms with Crippen molar-refractivity contribution in [2.75, 3.05) is 18.4 Å². The third kappa shape index (κ3) is 5.43. The second-order valence-electron chi connectivity index (χ2n) is 9.40. The number of carbonyl (C=O) groups is 3. The zero-order valence-electron chi connectivity index (χ0n) is 20.8. The van der Waals surface area contributed by atoms with Gasteiger partial charge in [-0.15, -0.1) is 0 Å². The third-order valence-electron chi connectivity index (χ3n) is 6.74. The van der Waals surface area contributed by atoms with Gasteiger partial charge in [-0.25, -0.2) is 4.98 Å². The molecule has 0 aliphatic carbocycles. The summed E-state index contributed by atoms with van der Waals surface area (Å²) in [5.74, 6) is -0.555. The van der Waals surface area contributed by atoms with Crippen molar-refractivity contribution in [2.45, 2.75) is 32.7 Å². The van der Waals surface area contributed by atoms with E-state index >= 15 is 0 Å². The highest BCUT2D eigenvalue weighted by molar-refractivity contribution is 6.05. The van der Waals surface area contributed by atoms with Crippen molar-refractivity contribution >= 4 is 34.3 Å². The summed E-state index contributed by atoms with van der Waals surface area (Å²) in [5, 5.41) is 2.88. The van der Waals surface area contributed by atoms with E-state index < -0.39 is 0 Å². The van der Waals surface area contributed by atoms with Gasteiger partial charge in [0.2, 0.25) is 5.91 Å². The molecule has 0 radical (unpaired) electrons. The first kappa shape index (κ1) is 24.4. The molecule has 1 fully saturated rings. The number of hydrogen-bond donors (Lipinski definition) is 1. The molecule has 2 aromatic carbocycles. The number of anilines is 1. The number of likely N-dealkylation sites (tertiary alicyclic amines) is 1. The van der Waals surface area contributed by atoms with Gasteiger partial charge < -0.3 is 14.8 Å². The zero-order valence-corrected chi connectivity index (χ0v) is 20.8. The Morgan fingerprint density at radius 3 is 2.57 bits per heavy atom. The summed E-state index contributed by atoms with van der Waals surface area (Å²) in [6, 6.07) is 18.5. The highest BCUT2D eigenvalue weighted by atomic mass is 16.2. The highest BCUT2D eigenvalue weighted by Crippen LogP contribution is 2.28. The van der Waals surface area contributed by atoms with Gasteiger partial charge in [0.1, 0.15) is 0 Å². The summed E-state index contributed by atoms with van der Waals surface area (Å²) in [5.41, 5.74) is 4.01. The Labute approximate surface area is 215 Å². The maximum absolute atomic E-state index is 13.6. The minimum Gasteiger partial charge on any atom is -0.338 e. The lowest BCUT2D eigenvalue weighted by Crippen LogP contribution is -2.42. The molecule has 2 aromatic heterocycles. The molecule has 1 atom stereocenters. The van der Waals surface area contributed by atoms with Gasteiger partial charge in [-0.3, -0.25) is 19.4 Å². The molecule has 0 unspecified atom stereocenters. The maximum atomic E-state index is 13.6. The number of benzene rings is 2. The summed E-state index contributed by atoms with van der Waals surface area (Å²) in [6.07, 6.45) is 5.71. The molecule has 5 rings (SSSR count). The Morgan fingerprint density at radius 2 is 1.81 bits per heavy atom. The topological polar surface area (TPSA) is 97.2 Å². The number of carbonyl (C=O) groups excluding carboxylic acids is 3. The van der Waals surface area contributed by atoms with Crippen LogP contribution in [0.3, 0.4) is 0 Å². The average Bonchev–Trinajstić information content (AvgIpc) is 3.35. The van der Waals surface area contributed by atoms with Crippen LogP contribution in [0.4, 0.5) is 5.69 Å². The highest BCUT2D eigenvalue weighted by Gasteiger charge is 2.30. The molecule has 8 heteroatoms. The molecule has 4 aromatic rings. The number of nitrogens with one attached hydrogen (secondary N) is 1. The number of fused-ring (bicyclic) bond motifs is 1. The van der Waals surface area contributed by atoms with Crippen LogP contribution in [0.1, 0.15) is 46.2 Å². The van der Waals surface area contributed by atoms with Crippen molar-refractivity contribution in [1.82, 2.24) is 19.4 Å². The van der Waals surface area contributed by atoms with E-state index in [1.54, 1.807) is 29.6 Å². The quantitative estimate of drug-likeness (QED) is 0.384. The number of aryl methyl sites for hydroxylation is 2. The van der Waals surface area contributed by atoms with Crippen molar-refractivity contribution in [3.05, 3.63) is 90.0 Å². The van der Waals surface area contributed by atoms with Crippen LogP contribution in [0.25, 0.3) is 11.0 Å². The average molecular weight is 496 g/mol. The minimum atomic E-state index is -0.232. The molecule has 1 saturated heterocycles. The molecule has 1 N–H and O–H groups in total. The molecule has 1 aliphatic heterocycles. The van der Waals surface area contributed by atoms with Gasteiger partial charge in [-0.2, -0.15) is 0 Å². The van der Waals surface area contributed by atoms with E-state index in [-0.39, 0.29) is 23.5 Å². The van der Waals surface area contributed by atoms with Gasteiger partial charge >= 0.3 is 0 Å². The third-order valence-corrected chi connectivity index (χ3v) is 6.74. The Balaban J connectivity index is 1.39. The number of piperidine rings is 1. The monoisotopic (exact) mass is 495 g/mol.